The summed E-state index contributed by atoms with van der Waals surface area (Å²) >= 11 is 3.08. The summed E-state index contributed by atoms with van der Waals surface area (Å²) in [5.74, 6) is 0.469. The molecule has 1 aliphatic rings. The van der Waals surface area contributed by atoms with Gasteiger partial charge in [-0.15, -0.1) is 0 Å². The van der Waals surface area contributed by atoms with Crippen molar-refractivity contribution in [1.82, 2.24) is 0 Å². The monoisotopic (exact) mass is 307 g/mol. The van der Waals surface area contributed by atoms with Gasteiger partial charge in [-0.05, 0) is 29.8 Å². The van der Waals surface area contributed by atoms with Crippen molar-refractivity contribution in [3.8, 4) is 0 Å². The zero-order valence-corrected chi connectivity index (χ0v) is 12.1. The Morgan fingerprint density at radius 1 is 1.15 bits per heavy atom. The Morgan fingerprint density at radius 2 is 2.00 bits per heavy atom. The van der Waals surface area contributed by atoms with E-state index < -0.39 is 5.82 Å². The summed E-state index contributed by atoms with van der Waals surface area (Å²) in [6, 6.07) is 11.5. The van der Waals surface area contributed by atoms with Gasteiger partial charge >= 0.3 is 0 Å². The van der Waals surface area contributed by atoms with Gasteiger partial charge in [0.15, 0.2) is 0 Å². The van der Waals surface area contributed by atoms with E-state index in [1.165, 1.54) is 23.4 Å². The zero-order valence-electron chi connectivity index (χ0n) is 10.5. The normalized spacial score (nSPS) is 13.8. The van der Waals surface area contributed by atoms with Gasteiger partial charge in [0.25, 0.3) is 0 Å². The first kappa shape index (κ1) is 13.6. The minimum absolute atomic E-state index is 0.372. The van der Waals surface area contributed by atoms with Gasteiger partial charge in [0.05, 0.1) is 5.69 Å². The second kappa shape index (κ2) is 5.97. The second-order valence-corrected chi connectivity index (χ2v) is 6.51. The van der Waals surface area contributed by atoms with Crippen molar-refractivity contribution in [2.45, 2.75) is 11.5 Å². The maximum absolute atomic E-state index is 13.5. The van der Waals surface area contributed by atoms with Gasteiger partial charge in [-0.1, -0.05) is 41.7 Å². The van der Waals surface area contributed by atoms with Crippen LogP contribution < -0.4 is 0 Å². The molecule has 1 heterocycles. The lowest BCUT2D eigenvalue weighted by Gasteiger charge is -2.14. The summed E-state index contributed by atoms with van der Waals surface area (Å²) < 4.78 is 27.5. The highest BCUT2D eigenvalue weighted by atomic mass is 32.2. The first-order valence-corrected chi connectivity index (χ1v) is 8.05. The molecule has 0 atom stereocenters. The number of fused-ring (bicyclic) bond motifs is 1. The molecular formula is C15H11F2NS2. The van der Waals surface area contributed by atoms with Crippen LogP contribution in [0, 0.1) is 11.6 Å². The molecule has 2 aromatic rings. The molecule has 0 amide bonds. The van der Waals surface area contributed by atoms with E-state index >= 15 is 0 Å². The van der Waals surface area contributed by atoms with Crippen LogP contribution in [-0.4, -0.2) is 4.38 Å². The van der Waals surface area contributed by atoms with Crippen LogP contribution in [0.3, 0.4) is 0 Å². The molecule has 5 heteroatoms. The molecule has 0 N–H and O–H groups in total. The molecule has 0 saturated heterocycles. The maximum Gasteiger partial charge on any atom is 0.131 e. The zero-order chi connectivity index (χ0) is 13.9. The van der Waals surface area contributed by atoms with E-state index in [0.29, 0.717) is 11.3 Å². The summed E-state index contributed by atoms with van der Waals surface area (Å²) in [4.78, 5) is 4.54. The van der Waals surface area contributed by atoms with Crippen molar-refractivity contribution in [3.05, 3.63) is 65.2 Å². The molecule has 0 unspecified atom stereocenters. The van der Waals surface area contributed by atoms with E-state index in [-0.39, 0.29) is 5.82 Å². The largest absolute Gasteiger partial charge is 0.235 e. The van der Waals surface area contributed by atoms with Gasteiger partial charge in [-0.3, -0.25) is 0 Å². The maximum atomic E-state index is 13.5. The molecule has 2 aromatic carbocycles. The van der Waals surface area contributed by atoms with Crippen LogP contribution in [-0.2, 0) is 11.5 Å². The van der Waals surface area contributed by atoms with Crippen molar-refractivity contribution in [1.29, 1.82) is 0 Å². The number of para-hydroxylation sites is 1. The molecule has 0 aliphatic carbocycles. The third-order valence-electron chi connectivity index (χ3n) is 2.91. The average Bonchev–Trinajstić information content (AvgIpc) is 2.48. The van der Waals surface area contributed by atoms with E-state index in [4.69, 9.17) is 0 Å². The molecule has 0 radical (unpaired) electrons. The highest BCUT2D eigenvalue weighted by Crippen LogP contribution is 2.35. The van der Waals surface area contributed by atoms with E-state index in [2.05, 4.69) is 11.1 Å². The summed E-state index contributed by atoms with van der Waals surface area (Å²) in [5, 5.41) is 0. The first-order chi connectivity index (χ1) is 9.72. The number of hydrogen-bond acceptors (Lipinski definition) is 3. The van der Waals surface area contributed by atoms with Gasteiger partial charge in [-0.25, -0.2) is 13.8 Å². The lowest BCUT2D eigenvalue weighted by Crippen LogP contribution is -1.97. The Bertz CT molecular complexity index is 671. The van der Waals surface area contributed by atoms with Crippen LogP contribution in [0.2, 0.25) is 0 Å². The standard InChI is InChI=1S/C15H11F2NS2/c16-12-5-6-13(17)11(7-12)9-20-15-18-14-4-2-1-3-10(14)8-19-15/h1-7H,8-9H2. The van der Waals surface area contributed by atoms with Crippen molar-refractivity contribution in [3.63, 3.8) is 0 Å². The fourth-order valence-corrected chi connectivity index (χ4v) is 3.92. The SMILES string of the molecule is Fc1ccc(F)c(CSC2=Nc3ccccc3CS2)c1. The lowest BCUT2D eigenvalue weighted by atomic mass is 10.2. The molecule has 0 aromatic heterocycles. The van der Waals surface area contributed by atoms with E-state index in [0.717, 1.165) is 27.9 Å². The number of rotatable bonds is 2. The Kier molecular flexibility index (Phi) is 4.08. The molecule has 0 bridgehead atoms. The lowest BCUT2D eigenvalue weighted by molar-refractivity contribution is 0.591. The molecule has 102 valence electrons. The van der Waals surface area contributed by atoms with E-state index in [1.54, 1.807) is 11.8 Å². The number of nitrogens with zero attached hydrogens (tertiary/aromatic N) is 1. The van der Waals surface area contributed by atoms with E-state index in [9.17, 15) is 8.78 Å². The average molecular weight is 307 g/mol. The van der Waals surface area contributed by atoms with Gasteiger partial charge in [0.2, 0.25) is 0 Å². The quantitative estimate of drug-likeness (QED) is 0.762. The minimum atomic E-state index is -0.411. The van der Waals surface area contributed by atoms with Crippen molar-refractivity contribution >= 4 is 33.6 Å². The van der Waals surface area contributed by atoms with Crippen LogP contribution in [0.15, 0.2) is 47.5 Å². The van der Waals surface area contributed by atoms with Crippen LogP contribution in [0.4, 0.5) is 14.5 Å². The number of aliphatic imine (C=N–C) groups is 1. The highest BCUT2D eigenvalue weighted by Gasteiger charge is 2.13. The molecular weight excluding hydrogens is 296 g/mol. The predicted molar refractivity (Wildman–Crippen MR) is 82.5 cm³/mol. The Balaban J connectivity index is 1.74. The van der Waals surface area contributed by atoms with Crippen LogP contribution >= 0.6 is 23.5 Å². The van der Waals surface area contributed by atoms with Gasteiger partial charge < -0.3 is 0 Å². The number of benzene rings is 2. The fourth-order valence-electron chi connectivity index (χ4n) is 1.88. The van der Waals surface area contributed by atoms with Crippen LogP contribution in [0.25, 0.3) is 0 Å². The van der Waals surface area contributed by atoms with Gasteiger partial charge in [0.1, 0.15) is 16.0 Å². The molecule has 3 rings (SSSR count). The summed E-state index contributed by atoms with van der Waals surface area (Å²) in [6.07, 6.45) is 0. The second-order valence-electron chi connectivity index (χ2n) is 4.32. The summed E-state index contributed by atoms with van der Waals surface area (Å²) in [7, 11) is 0. The summed E-state index contributed by atoms with van der Waals surface area (Å²) in [5.41, 5.74) is 2.55. The molecule has 1 aliphatic heterocycles. The predicted octanol–water partition coefficient (Wildman–Crippen LogP) is 5.13. The first-order valence-electron chi connectivity index (χ1n) is 6.08. The third-order valence-corrected chi connectivity index (χ3v) is 5.21. The topological polar surface area (TPSA) is 12.4 Å². The molecule has 0 spiro atoms. The van der Waals surface area contributed by atoms with Crippen LogP contribution in [0.1, 0.15) is 11.1 Å². The Hall–Kier alpha value is -1.33. The molecule has 0 fully saturated rings. The molecule has 20 heavy (non-hydrogen) atoms. The number of hydrogen-bond donors (Lipinski definition) is 0. The fraction of sp³-hybridized carbons (Fsp3) is 0.133. The minimum Gasteiger partial charge on any atom is -0.235 e. The van der Waals surface area contributed by atoms with Gasteiger partial charge in [-0.2, -0.15) is 0 Å². The Morgan fingerprint density at radius 3 is 2.90 bits per heavy atom. The summed E-state index contributed by atoms with van der Waals surface area (Å²) in [6.45, 7) is 0. The third kappa shape index (κ3) is 3.04. The highest BCUT2D eigenvalue weighted by molar-refractivity contribution is 8.38. The molecule has 1 nitrogen and oxygen atoms in total. The number of thioether (sulfide) groups is 2. The smallest absolute Gasteiger partial charge is 0.131 e. The van der Waals surface area contributed by atoms with Crippen molar-refractivity contribution in [2.75, 3.05) is 0 Å². The van der Waals surface area contributed by atoms with E-state index in [1.807, 2.05) is 18.2 Å². The van der Waals surface area contributed by atoms with Crippen molar-refractivity contribution in [2.24, 2.45) is 4.99 Å². The molecule has 0 saturated carbocycles. The van der Waals surface area contributed by atoms with Crippen LogP contribution in [0.5, 0.6) is 0 Å². The number of halogens is 2. The van der Waals surface area contributed by atoms with Gasteiger partial charge in [0, 0.05) is 17.1 Å². The Labute approximate surface area is 124 Å². The van der Waals surface area contributed by atoms with Crippen molar-refractivity contribution < 1.29 is 8.78 Å².